The molecule has 2 aromatic rings. The third-order valence-electron chi connectivity index (χ3n) is 7.94. The first-order valence-corrected chi connectivity index (χ1v) is 14.9. The van der Waals surface area contributed by atoms with Gasteiger partial charge in [0.25, 0.3) is 5.92 Å². The summed E-state index contributed by atoms with van der Waals surface area (Å²) in [4.78, 5) is 26.4. The number of ether oxygens (including phenoxy) is 1. The second-order valence-electron chi connectivity index (χ2n) is 12.1. The number of aliphatic hydroxyl groups is 1. The van der Waals surface area contributed by atoms with Gasteiger partial charge in [-0.2, -0.15) is 0 Å². The van der Waals surface area contributed by atoms with E-state index in [1.807, 2.05) is 18.7 Å². The van der Waals surface area contributed by atoms with Crippen molar-refractivity contribution in [3.05, 3.63) is 40.2 Å². The first kappa shape index (κ1) is 32.1. The molecule has 0 radical (unpaired) electrons. The molecule has 0 saturated carbocycles. The van der Waals surface area contributed by atoms with Crippen LogP contribution in [-0.4, -0.2) is 77.1 Å². The van der Waals surface area contributed by atoms with E-state index in [1.165, 1.54) is 6.92 Å². The SMILES string of the molecule is CCC[C@@H](O)COc1ccc(Cl)c(-c2nc(C(C(C)=O)=C(C)N)c(C)c(N3CC4(CCCN(CC(C)(F)F)C4)C3)n2)c1. The maximum Gasteiger partial charge on any atom is 0.257 e. The molecule has 1 aromatic heterocycles. The minimum absolute atomic E-state index is 0.102. The fourth-order valence-electron chi connectivity index (χ4n) is 6.19. The largest absolute Gasteiger partial charge is 0.491 e. The third-order valence-corrected chi connectivity index (χ3v) is 8.27. The molecule has 2 aliphatic heterocycles. The second kappa shape index (κ2) is 12.8. The molecule has 8 nitrogen and oxygen atoms in total. The van der Waals surface area contributed by atoms with Crippen LogP contribution in [0.25, 0.3) is 17.0 Å². The number of hydrogen-bond donors (Lipinski definition) is 2. The summed E-state index contributed by atoms with van der Waals surface area (Å²) in [6.45, 7) is 10.4. The minimum atomic E-state index is -2.74. The first-order chi connectivity index (χ1) is 19.7. The van der Waals surface area contributed by atoms with Crippen molar-refractivity contribution in [2.75, 3.05) is 44.2 Å². The number of aliphatic hydroxyl groups excluding tert-OH is 1. The van der Waals surface area contributed by atoms with E-state index < -0.39 is 12.0 Å². The molecular formula is C31H42ClF2N5O3. The van der Waals surface area contributed by atoms with Gasteiger partial charge in [-0.3, -0.25) is 9.69 Å². The number of Topliss-reactive ketones (excluding diaryl/α,β-unsaturated/α-hetero) is 1. The van der Waals surface area contributed by atoms with Crippen LogP contribution >= 0.6 is 11.6 Å². The summed E-state index contributed by atoms with van der Waals surface area (Å²) >= 11 is 6.64. The van der Waals surface area contributed by atoms with Crippen molar-refractivity contribution in [2.24, 2.45) is 11.1 Å². The topological polar surface area (TPSA) is 105 Å². The van der Waals surface area contributed by atoms with E-state index >= 15 is 0 Å². The number of piperidine rings is 1. The molecule has 2 fully saturated rings. The lowest BCUT2D eigenvalue weighted by Gasteiger charge is -2.55. The minimum Gasteiger partial charge on any atom is -0.491 e. The van der Waals surface area contributed by atoms with E-state index in [2.05, 4.69) is 4.90 Å². The number of likely N-dealkylation sites (tertiary alicyclic amines) is 1. The van der Waals surface area contributed by atoms with E-state index in [0.29, 0.717) is 83.1 Å². The number of carbonyl (C=O) groups excluding carboxylic acids is 1. The molecule has 0 unspecified atom stereocenters. The Morgan fingerprint density at radius 3 is 2.60 bits per heavy atom. The van der Waals surface area contributed by atoms with Gasteiger partial charge in [0.2, 0.25) is 0 Å². The van der Waals surface area contributed by atoms with Gasteiger partial charge in [0.05, 0.1) is 28.9 Å². The Labute approximate surface area is 251 Å². The standard InChI is InChI=1S/C31H42ClF2N5O3/c1-6-8-22(41)14-42-23-9-10-25(32)24(13-23)28-36-27(26(20(3)35)21(4)40)19(2)29(37-28)39-17-31(18-39)11-7-12-38(16-31)15-30(5,33)34/h9-10,13,22,41H,6-8,11-12,14-18,35H2,1-5H3/t22-/m1/s1. The maximum atomic E-state index is 13.8. The van der Waals surface area contributed by atoms with Gasteiger partial charge in [-0.1, -0.05) is 24.9 Å². The van der Waals surface area contributed by atoms with Gasteiger partial charge in [0.1, 0.15) is 18.2 Å². The molecule has 230 valence electrons. The average Bonchev–Trinajstić information content (AvgIpc) is 2.87. The Bertz CT molecular complexity index is 1340. The lowest BCUT2D eigenvalue weighted by atomic mass is 9.73. The lowest BCUT2D eigenvalue weighted by Crippen LogP contribution is -2.64. The number of aromatic nitrogens is 2. The first-order valence-electron chi connectivity index (χ1n) is 14.5. The number of nitrogens with zero attached hydrogens (tertiary/aromatic N) is 4. The Kier molecular flexibility index (Phi) is 9.79. The van der Waals surface area contributed by atoms with Crippen LogP contribution in [-0.2, 0) is 4.79 Å². The van der Waals surface area contributed by atoms with Crippen LogP contribution in [0.4, 0.5) is 14.6 Å². The number of allylic oxidation sites excluding steroid dienone is 2. The predicted octanol–water partition coefficient (Wildman–Crippen LogP) is 5.48. The van der Waals surface area contributed by atoms with E-state index in [9.17, 15) is 18.7 Å². The van der Waals surface area contributed by atoms with E-state index in [0.717, 1.165) is 26.2 Å². The number of hydrogen-bond acceptors (Lipinski definition) is 8. The highest BCUT2D eigenvalue weighted by Crippen LogP contribution is 2.44. The quantitative estimate of drug-likeness (QED) is 0.325. The molecule has 42 heavy (non-hydrogen) atoms. The number of rotatable bonds is 11. The Morgan fingerprint density at radius 2 is 1.98 bits per heavy atom. The van der Waals surface area contributed by atoms with Gasteiger partial charge in [0.15, 0.2) is 11.6 Å². The van der Waals surface area contributed by atoms with Crippen LogP contribution in [0.15, 0.2) is 23.9 Å². The molecule has 0 bridgehead atoms. The summed E-state index contributed by atoms with van der Waals surface area (Å²) in [5, 5.41) is 10.5. The van der Waals surface area contributed by atoms with Crippen LogP contribution in [0.1, 0.15) is 64.6 Å². The molecule has 2 aliphatic rings. The van der Waals surface area contributed by atoms with Crippen molar-refractivity contribution in [3.63, 3.8) is 0 Å². The number of alkyl halides is 2. The monoisotopic (exact) mass is 605 g/mol. The fourth-order valence-corrected chi connectivity index (χ4v) is 6.39. The number of anilines is 1. The molecule has 1 aromatic carbocycles. The summed E-state index contributed by atoms with van der Waals surface area (Å²) in [6, 6.07) is 5.14. The number of carbonyl (C=O) groups is 1. The van der Waals surface area contributed by atoms with Crippen LogP contribution in [0.2, 0.25) is 5.02 Å². The third kappa shape index (κ3) is 7.38. The summed E-state index contributed by atoms with van der Waals surface area (Å²) in [6.07, 6.45) is 2.70. The van der Waals surface area contributed by atoms with Crippen LogP contribution < -0.4 is 15.4 Å². The predicted molar refractivity (Wildman–Crippen MR) is 162 cm³/mol. The summed E-state index contributed by atoms with van der Waals surface area (Å²) in [7, 11) is 0. The number of benzene rings is 1. The molecule has 0 amide bonds. The average molecular weight is 606 g/mol. The molecule has 1 atom stereocenters. The Morgan fingerprint density at radius 1 is 1.26 bits per heavy atom. The lowest BCUT2D eigenvalue weighted by molar-refractivity contribution is -0.111. The molecule has 3 N–H and O–H groups in total. The van der Waals surface area contributed by atoms with E-state index in [1.54, 1.807) is 25.1 Å². The van der Waals surface area contributed by atoms with Crippen molar-refractivity contribution in [1.29, 1.82) is 0 Å². The van der Waals surface area contributed by atoms with Crippen LogP contribution in [0.3, 0.4) is 0 Å². The number of halogens is 3. The smallest absolute Gasteiger partial charge is 0.257 e. The van der Waals surface area contributed by atoms with Gasteiger partial charge in [-0.05, 0) is 64.8 Å². The molecule has 3 heterocycles. The zero-order valence-corrected chi connectivity index (χ0v) is 25.9. The van der Waals surface area contributed by atoms with Crippen LogP contribution in [0, 0.1) is 12.3 Å². The summed E-state index contributed by atoms with van der Waals surface area (Å²) < 4.78 is 33.4. The normalized spacial score (nSPS) is 18.5. The van der Waals surface area contributed by atoms with Gasteiger partial charge in [0, 0.05) is 48.8 Å². The molecule has 11 heteroatoms. The number of nitrogens with two attached hydrogens (primary N) is 1. The van der Waals surface area contributed by atoms with E-state index in [4.69, 9.17) is 32.0 Å². The molecule has 0 aliphatic carbocycles. The molecule has 2 saturated heterocycles. The van der Waals surface area contributed by atoms with Gasteiger partial charge in [-0.15, -0.1) is 0 Å². The zero-order chi connectivity index (χ0) is 30.8. The highest BCUT2D eigenvalue weighted by Gasteiger charge is 2.47. The van der Waals surface area contributed by atoms with Gasteiger partial charge < -0.3 is 20.5 Å². The number of ketones is 1. The van der Waals surface area contributed by atoms with Crippen molar-refractivity contribution in [3.8, 4) is 17.1 Å². The van der Waals surface area contributed by atoms with Crippen molar-refractivity contribution in [2.45, 2.75) is 72.3 Å². The van der Waals surface area contributed by atoms with Crippen molar-refractivity contribution < 1.29 is 23.4 Å². The van der Waals surface area contributed by atoms with Crippen molar-refractivity contribution >= 4 is 28.8 Å². The van der Waals surface area contributed by atoms with Gasteiger partial charge in [-0.25, -0.2) is 18.7 Å². The van der Waals surface area contributed by atoms with Crippen LogP contribution in [0.5, 0.6) is 5.75 Å². The molecule has 1 spiro atoms. The second-order valence-corrected chi connectivity index (χ2v) is 12.5. The van der Waals surface area contributed by atoms with Gasteiger partial charge >= 0.3 is 0 Å². The highest BCUT2D eigenvalue weighted by atomic mass is 35.5. The fraction of sp³-hybridized carbons (Fsp3) is 0.581. The summed E-state index contributed by atoms with van der Waals surface area (Å²) in [5.74, 6) is -1.49. The van der Waals surface area contributed by atoms with E-state index in [-0.39, 0.29) is 24.3 Å². The summed E-state index contributed by atoms with van der Waals surface area (Å²) in [5.41, 5.74) is 8.39. The Hall–Kier alpha value is -2.82. The Balaban J connectivity index is 1.70. The van der Waals surface area contributed by atoms with Crippen molar-refractivity contribution in [1.82, 2.24) is 14.9 Å². The maximum absolute atomic E-state index is 13.8. The highest BCUT2D eigenvalue weighted by molar-refractivity contribution is 6.33. The molecule has 4 rings (SSSR count). The zero-order valence-electron chi connectivity index (χ0n) is 25.1. The molecular weight excluding hydrogens is 564 g/mol.